The van der Waals surface area contributed by atoms with Gasteiger partial charge in [-0.25, -0.2) is 4.98 Å². The molecule has 1 aromatic heterocycles. The van der Waals surface area contributed by atoms with Crippen molar-refractivity contribution in [1.29, 1.82) is 5.26 Å². The number of rotatable bonds is 2. The van der Waals surface area contributed by atoms with Gasteiger partial charge in [0.2, 0.25) is 0 Å². The Morgan fingerprint density at radius 2 is 1.93 bits per heavy atom. The molecule has 1 atom stereocenters. The van der Waals surface area contributed by atoms with Gasteiger partial charge in [0.25, 0.3) is 5.91 Å². The van der Waals surface area contributed by atoms with E-state index in [1.165, 1.54) is 16.5 Å². The first kappa shape index (κ1) is 18.2. The lowest BCUT2D eigenvalue weighted by molar-refractivity contribution is 0.0699. The summed E-state index contributed by atoms with van der Waals surface area (Å²) in [6.45, 7) is 5.45. The molecule has 2 heterocycles. The van der Waals surface area contributed by atoms with Crippen LogP contribution < -0.4 is 0 Å². The zero-order chi connectivity index (χ0) is 19.7. The van der Waals surface area contributed by atoms with Crippen molar-refractivity contribution in [2.45, 2.75) is 26.7 Å². The smallest absolute Gasteiger partial charge is 0.253 e. The molecular weight excluding hydrogens is 346 g/mol. The van der Waals surface area contributed by atoms with E-state index in [4.69, 9.17) is 10.2 Å². The fourth-order valence-corrected chi connectivity index (χ4v) is 3.89. The largest absolute Gasteiger partial charge is 0.337 e. The molecule has 1 fully saturated rings. The number of hydrogen-bond acceptors (Lipinski definition) is 3. The number of carbonyl (C=O) groups is 1. The van der Waals surface area contributed by atoms with Crippen LogP contribution in [0, 0.1) is 31.1 Å². The summed E-state index contributed by atoms with van der Waals surface area (Å²) in [6, 6.07) is 18.3. The van der Waals surface area contributed by atoms with E-state index in [-0.39, 0.29) is 11.8 Å². The number of amides is 1. The monoisotopic (exact) mass is 369 g/mol. The highest BCUT2D eigenvalue weighted by Crippen LogP contribution is 2.26. The van der Waals surface area contributed by atoms with Crippen molar-refractivity contribution in [2.24, 2.45) is 5.92 Å². The quantitative estimate of drug-likeness (QED) is 0.646. The second-order valence-corrected chi connectivity index (χ2v) is 7.64. The van der Waals surface area contributed by atoms with Gasteiger partial charge in [0, 0.05) is 29.6 Å². The molecule has 1 aliphatic heterocycles. The maximum absolute atomic E-state index is 12.8. The van der Waals surface area contributed by atoms with Crippen LogP contribution in [0.3, 0.4) is 0 Å². The summed E-state index contributed by atoms with van der Waals surface area (Å²) in [6.07, 6.45) is 1.77. The van der Waals surface area contributed by atoms with Gasteiger partial charge >= 0.3 is 0 Å². The number of hydrogen-bond donors (Lipinski definition) is 0. The van der Waals surface area contributed by atoms with Crippen LogP contribution in [0.15, 0.2) is 48.5 Å². The molecule has 4 rings (SSSR count). The lowest BCUT2D eigenvalue weighted by atomic mass is 9.98. The molecule has 0 unspecified atom stereocenters. The summed E-state index contributed by atoms with van der Waals surface area (Å²) < 4.78 is 0. The van der Waals surface area contributed by atoms with E-state index in [1.807, 2.05) is 24.3 Å². The van der Waals surface area contributed by atoms with Crippen molar-refractivity contribution < 1.29 is 4.79 Å². The van der Waals surface area contributed by atoms with Gasteiger partial charge in [0.1, 0.15) is 0 Å². The number of benzene rings is 2. The minimum atomic E-state index is -0.0506. The van der Waals surface area contributed by atoms with Crippen molar-refractivity contribution in [2.75, 3.05) is 13.1 Å². The minimum Gasteiger partial charge on any atom is -0.337 e. The summed E-state index contributed by atoms with van der Waals surface area (Å²) in [5, 5.41) is 10.3. The van der Waals surface area contributed by atoms with Gasteiger partial charge < -0.3 is 4.90 Å². The Morgan fingerprint density at radius 1 is 1.14 bits per heavy atom. The van der Waals surface area contributed by atoms with E-state index in [0.29, 0.717) is 12.1 Å². The van der Waals surface area contributed by atoms with Gasteiger partial charge in [-0.3, -0.25) is 4.79 Å². The molecule has 0 bridgehead atoms. The normalized spacial score (nSPS) is 16.8. The first-order chi connectivity index (χ1) is 13.5. The van der Waals surface area contributed by atoms with E-state index in [9.17, 15) is 4.79 Å². The van der Waals surface area contributed by atoms with Crippen molar-refractivity contribution in [3.63, 3.8) is 0 Å². The van der Waals surface area contributed by atoms with Gasteiger partial charge in [-0.15, -0.1) is 0 Å². The molecule has 4 nitrogen and oxygen atoms in total. The summed E-state index contributed by atoms with van der Waals surface area (Å²) in [5.74, 6) is -0.0463. The van der Waals surface area contributed by atoms with E-state index in [2.05, 4.69) is 44.2 Å². The Bertz CT molecular complexity index is 1080. The molecular formula is C24H23N3O. The number of nitriles is 1. The van der Waals surface area contributed by atoms with Gasteiger partial charge in [-0.1, -0.05) is 23.8 Å². The van der Waals surface area contributed by atoms with Crippen LogP contribution in [0.4, 0.5) is 0 Å². The second kappa shape index (κ2) is 7.44. The zero-order valence-electron chi connectivity index (χ0n) is 16.3. The molecule has 1 amide bonds. The first-order valence-electron chi connectivity index (χ1n) is 9.72. The number of aromatic nitrogens is 1. The molecule has 1 saturated heterocycles. The van der Waals surface area contributed by atoms with Crippen molar-refractivity contribution in [3.05, 3.63) is 65.2 Å². The number of aryl methyl sites for hydroxylation is 2. The summed E-state index contributed by atoms with van der Waals surface area (Å²) in [5.41, 5.74) is 5.97. The first-order valence-corrected chi connectivity index (χ1v) is 9.72. The third-order valence-corrected chi connectivity index (χ3v) is 5.49. The topological polar surface area (TPSA) is 57.0 Å². The molecule has 4 heteroatoms. The predicted octanol–water partition coefficient (Wildman–Crippen LogP) is 4.89. The molecule has 0 radical (unpaired) electrons. The highest BCUT2D eigenvalue weighted by Gasteiger charge is 2.24. The van der Waals surface area contributed by atoms with Crippen LogP contribution in [0.25, 0.3) is 22.2 Å². The number of likely N-dealkylation sites (tertiary alicyclic amines) is 1. The van der Waals surface area contributed by atoms with Crippen LogP contribution in [0.5, 0.6) is 0 Å². The van der Waals surface area contributed by atoms with Crippen molar-refractivity contribution in [1.82, 2.24) is 9.88 Å². The minimum absolute atomic E-state index is 0.00428. The fraction of sp³-hybridized carbons (Fsp3) is 0.292. The van der Waals surface area contributed by atoms with E-state index >= 15 is 0 Å². The number of nitrogens with zero attached hydrogens (tertiary/aromatic N) is 3. The molecule has 3 aromatic rings. The van der Waals surface area contributed by atoms with Gasteiger partial charge in [0.05, 0.1) is 23.2 Å². The number of piperidine rings is 1. The predicted molar refractivity (Wildman–Crippen MR) is 111 cm³/mol. The Morgan fingerprint density at radius 3 is 2.68 bits per heavy atom. The lowest BCUT2D eigenvalue weighted by Crippen LogP contribution is -2.39. The Balaban J connectivity index is 1.60. The molecule has 0 N–H and O–H groups in total. The molecule has 140 valence electrons. The van der Waals surface area contributed by atoms with Crippen LogP contribution >= 0.6 is 0 Å². The Labute approximate surface area is 165 Å². The number of pyridine rings is 1. The number of fused-ring (bicyclic) bond motifs is 1. The van der Waals surface area contributed by atoms with E-state index < -0.39 is 0 Å². The van der Waals surface area contributed by atoms with Crippen LogP contribution in [0.1, 0.15) is 34.3 Å². The Kier molecular flexibility index (Phi) is 4.83. The van der Waals surface area contributed by atoms with Gasteiger partial charge in [-0.05, 0) is 62.6 Å². The molecule has 1 aliphatic rings. The van der Waals surface area contributed by atoms with Gasteiger partial charge in [-0.2, -0.15) is 5.26 Å². The van der Waals surface area contributed by atoms with Gasteiger partial charge in [0.15, 0.2) is 0 Å². The summed E-state index contributed by atoms with van der Waals surface area (Å²) in [4.78, 5) is 19.4. The highest BCUT2D eigenvalue weighted by atomic mass is 16.2. The van der Waals surface area contributed by atoms with Crippen LogP contribution in [0.2, 0.25) is 0 Å². The number of carbonyl (C=O) groups excluding carboxylic acids is 1. The zero-order valence-corrected chi connectivity index (χ0v) is 16.3. The maximum atomic E-state index is 12.8. The second-order valence-electron chi connectivity index (χ2n) is 7.64. The third kappa shape index (κ3) is 3.48. The highest BCUT2D eigenvalue weighted by molar-refractivity contribution is 5.95. The fourth-order valence-electron chi connectivity index (χ4n) is 3.89. The van der Waals surface area contributed by atoms with Crippen molar-refractivity contribution in [3.8, 4) is 17.3 Å². The molecule has 0 spiro atoms. The molecule has 0 aliphatic carbocycles. The molecule has 0 saturated carbocycles. The maximum Gasteiger partial charge on any atom is 0.253 e. The standard InChI is InChI=1S/C24H23N3O/c1-16-5-10-22-21(12-16)17(2)13-23(26-22)19-6-8-20(9-7-19)24(28)27-11-3-4-18(14-25)15-27/h5-10,12-13,18H,3-4,11,15H2,1-2H3/t18-/m0/s1. The van der Waals surface area contributed by atoms with Crippen LogP contribution in [-0.4, -0.2) is 28.9 Å². The molecule has 28 heavy (non-hydrogen) atoms. The van der Waals surface area contributed by atoms with Crippen LogP contribution in [-0.2, 0) is 0 Å². The lowest BCUT2D eigenvalue weighted by Gasteiger charge is -2.29. The van der Waals surface area contributed by atoms with E-state index in [0.717, 1.165) is 36.2 Å². The average Bonchev–Trinajstić information content (AvgIpc) is 2.73. The summed E-state index contributed by atoms with van der Waals surface area (Å²) in [7, 11) is 0. The van der Waals surface area contributed by atoms with Crippen molar-refractivity contribution >= 4 is 16.8 Å². The van der Waals surface area contributed by atoms with E-state index in [1.54, 1.807) is 4.90 Å². The molecule has 2 aromatic carbocycles. The third-order valence-electron chi connectivity index (χ3n) is 5.49. The average molecular weight is 369 g/mol. The SMILES string of the molecule is Cc1ccc2nc(-c3ccc(C(=O)N4CCC[C@@H](C#N)C4)cc3)cc(C)c2c1. The summed E-state index contributed by atoms with van der Waals surface area (Å²) >= 11 is 0. The Hall–Kier alpha value is -3.19.